The Morgan fingerprint density at radius 3 is 1.93 bits per heavy atom. The average molecular weight is 393 g/mol. The number of primary amides is 1. The molecule has 0 radical (unpaired) electrons. The molecule has 2 atom stereocenters. The molecule has 0 aliphatic heterocycles. The van der Waals surface area contributed by atoms with Crippen molar-refractivity contribution in [2.24, 2.45) is 17.4 Å². The Morgan fingerprint density at radius 2 is 1.54 bits per heavy atom. The molecule has 154 valence electrons. The summed E-state index contributed by atoms with van der Waals surface area (Å²) in [6.45, 7) is 3.93. The van der Waals surface area contributed by atoms with Crippen LogP contribution in [0.4, 0.5) is 0 Å². The molecular formula is C19H27N3O6. The van der Waals surface area contributed by atoms with Crippen molar-refractivity contribution in [2.45, 2.75) is 38.8 Å². The van der Waals surface area contributed by atoms with Crippen molar-refractivity contribution in [3.8, 4) is 0 Å². The second-order valence-electron chi connectivity index (χ2n) is 6.40. The largest absolute Gasteiger partial charge is 0.478 e. The summed E-state index contributed by atoms with van der Waals surface area (Å²) in [4.78, 5) is 42.4. The minimum absolute atomic E-state index is 0.262. The maximum atomic E-state index is 12.0. The lowest BCUT2D eigenvalue weighted by atomic mass is 10.0. The number of amides is 2. The minimum atomic E-state index is -1.26. The van der Waals surface area contributed by atoms with Gasteiger partial charge in [-0.25, -0.2) is 9.59 Å². The Balaban J connectivity index is 0.000000769. The first-order valence-electron chi connectivity index (χ1n) is 8.56. The number of benzene rings is 1. The van der Waals surface area contributed by atoms with Crippen molar-refractivity contribution in [2.75, 3.05) is 0 Å². The fourth-order valence-corrected chi connectivity index (χ4v) is 2.10. The fourth-order valence-electron chi connectivity index (χ4n) is 2.10. The smallest absolute Gasteiger partial charge is 0.328 e. The van der Waals surface area contributed by atoms with E-state index in [-0.39, 0.29) is 11.8 Å². The zero-order valence-corrected chi connectivity index (χ0v) is 15.9. The van der Waals surface area contributed by atoms with Crippen LogP contribution < -0.4 is 16.8 Å². The summed E-state index contributed by atoms with van der Waals surface area (Å²) in [7, 11) is 0. The van der Waals surface area contributed by atoms with Crippen molar-refractivity contribution in [3.05, 3.63) is 48.0 Å². The molecule has 7 N–H and O–H groups in total. The molecule has 9 heteroatoms. The lowest BCUT2D eigenvalue weighted by Gasteiger charge is -2.20. The highest BCUT2D eigenvalue weighted by Crippen LogP contribution is 2.06. The Kier molecular flexibility index (Phi) is 11.6. The summed E-state index contributed by atoms with van der Waals surface area (Å²) in [6.07, 6.45) is 2.06. The second-order valence-corrected chi connectivity index (χ2v) is 6.40. The predicted octanol–water partition coefficient (Wildman–Crippen LogP) is 0.284. The molecule has 0 unspecified atom stereocenters. The first-order chi connectivity index (χ1) is 13.0. The van der Waals surface area contributed by atoms with Gasteiger partial charge in [0.15, 0.2) is 0 Å². The third-order valence-corrected chi connectivity index (χ3v) is 3.37. The number of aliphatic carboxylic acids is 2. The molecule has 1 aromatic rings. The predicted molar refractivity (Wildman–Crippen MR) is 103 cm³/mol. The maximum Gasteiger partial charge on any atom is 0.328 e. The van der Waals surface area contributed by atoms with E-state index in [4.69, 9.17) is 21.7 Å². The lowest BCUT2D eigenvalue weighted by molar-refractivity contribution is -0.134. The van der Waals surface area contributed by atoms with E-state index in [1.807, 2.05) is 44.2 Å². The first-order valence-corrected chi connectivity index (χ1v) is 8.56. The molecule has 9 nitrogen and oxygen atoms in total. The molecule has 0 aromatic heterocycles. The molecular weight excluding hydrogens is 366 g/mol. The van der Waals surface area contributed by atoms with Gasteiger partial charge in [0.05, 0.1) is 6.04 Å². The van der Waals surface area contributed by atoms with Crippen LogP contribution in [-0.4, -0.2) is 46.0 Å². The first kappa shape index (κ1) is 24.8. The summed E-state index contributed by atoms with van der Waals surface area (Å²) in [6, 6.07) is 8.16. The topological polar surface area (TPSA) is 173 Å². The van der Waals surface area contributed by atoms with Crippen molar-refractivity contribution < 1.29 is 29.4 Å². The van der Waals surface area contributed by atoms with Crippen LogP contribution in [0.25, 0.3) is 0 Å². The van der Waals surface area contributed by atoms with Crippen LogP contribution in [0.2, 0.25) is 0 Å². The SMILES string of the molecule is CC(C)C[C@@H](NC(=O)[C@H](N)Cc1ccccc1)C(N)=O.O=C(O)/C=C\C(=O)O. The quantitative estimate of drug-likeness (QED) is 0.375. The van der Waals surface area contributed by atoms with Crippen molar-refractivity contribution >= 4 is 23.8 Å². The number of carbonyl (C=O) groups is 4. The lowest BCUT2D eigenvalue weighted by Crippen LogP contribution is -2.51. The van der Waals surface area contributed by atoms with Gasteiger partial charge in [-0.05, 0) is 24.3 Å². The standard InChI is InChI=1S/C15H23N3O2.C4H4O4/c1-10(2)8-13(14(17)19)18-15(20)12(16)9-11-6-4-3-5-7-11;5-3(6)1-2-4(7)8/h3-7,10,12-13H,8-9,16H2,1-2H3,(H2,17,19)(H,18,20);1-2H,(H,5,6)(H,7,8)/b;2-1-/t12-,13-;/m1./s1. The number of nitrogens with one attached hydrogen (secondary N) is 1. The van der Waals surface area contributed by atoms with Crippen LogP contribution in [0.1, 0.15) is 25.8 Å². The molecule has 1 aromatic carbocycles. The highest BCUT2D eigenvalue weighted by Gasteiger charge is 2.22. The number of nitrogens with two attached hydrogens (primary N) is 2. The highest BCUT2D eigenvalue weighted by atomic mass is 16.4. The average Bonchev–Trinajstić information content (AvgIpc) is 2.60. The molecule has 0 bridgehead atoms. The van der Waals surface area contributed by atoms with Crippen LogP contribution in [-0.2, 0) is 25.6 Å². The van der Waals surface area contributed by atoms with Gasteiger partial charge in [-0.3, -0.25) is 9.59 Å². The summed E-state index contributed by atoms with van der Waals surface area (Å²) in [5.74, 6) is -3.13. The van der Waals surface area contributed by atoms with Gasteiger partial charge in [0.25, 0.3) is 0 Å². The maximum absolute atomic E-state index is 12.0. The molecule has 1 rings (SSSR count). The van der Waals surface area contributed by atoms with E-state index in [9.17, 15) is 19.2 Å². The number of hydrogen-bond donors (Lipinski definition) is 5. The molecule has 0 aliphatic rings. The molecule has 2 amide bonds. The molecule has 0 saturated heterocycles. The summed E-state index contributed by atoms with van der Waals surface area (Å²) < 4.78 is 0. The number of hydrogen-bond acceptors (Lipinski definition) is 5. The van der Waals surface area contributed by atoms with Gasteiger partial charge in [-0.15, -0.1) is 0 Å². The third kappa shape index (κ3) is 12.2. The molecule has 28 heavy (non-hydrogen) atoms. The van der Waals surface area contributed by atoms with Crippen LogP contribution >= 0.6 is 0 Å². The number of carboxylic acids is 2. The summed E-state index contributed by atoms with van der Waals surface area (Å²) >= 11 is 0. The van der Waals surface area contributed by atoms with E-state index in [0.717, 1.165) is 5.56 Å². The molecule has 0 saturated carbocycles. The Labute approximate surface area is 163 Å². The van der Waals surface area contributed by atoms with Gasteiger partial charge in [-0.1, -0.05) is 44.2 Å². The summed E-state index contributed by atoms with van der Waals surface area (Å²) in [5.41, 5.74) is 12.1. The van der Waals surface area contributed by atoms with E-state index in [0.29, 0.717) is 25.0 Å². The normalized spacial score (nSPS) is 12.6. The van der Waals surface area contributed by atoms with Crippen molar-refractivity contribution in [1.82, 2.24) is 5.32 Å². The van der Waals surface area contributed by atoms with Gasteiger partial charge in [0.2, 0.25) is 11.8 Å². The highest BCUT2D eigenvalue weighted by molar-refractivity contribution is 5.90. The van der Waals surface area contributed by atoms with Crippen LogP contribution in [0.3, 0.4) is 0 Å². The Hall–Kier alpha value is -3.20. The monoisotopic (exact) mass is 393 g/mol. The Bertz CT molecular complexity index is 672. The van der Waals surface area contributed by atoms with Gasteiger partial charge < -0.3 is 27.0 Å². The number of carbonyl (C=O) groups excluding carboxylic acids is 2. The van der Waals surface area contributed by atoms with E-state index in [1.54, 1.807) is 0 Å². The van der Waals surface area contributed by atoms with Gasteiger partial charge in [0.1, 0.15) is 6.04 Å². The van der Waals surface area contributed by atoms with E-state index >= 15 is 0 Å². The zero-order valence-electron chi connectivity index (χ0n) is 15.9. The van der Waals surface area contributed by atoms with Gasteiger partial charge in [-0.2, -0.15) is 0 Å². The minimum Gasteiger partial charge on any atom is -0.478 e. The van der Waals surface area contributed by atoms with Crippen LogP contribution in [0, 0.1) is 5.92 Å². The van der Waals surface area contributed by atoms with Crippen molar-refractivity contribution in [3.63, 3.8) is 0 Å². The van der Waals surface area contributed by atoms with Crippen LogP contribution in [0.15, 0.2) is 42.5 Å². The zero-order chi connectivity index (χ0) is 21.7. The fraction of sp³-hybridized carbons (Fsp3) is 0.368. The van der Waals surface area contributed by atoms with E-state index in [2.05, 4.69) is 5.32 Å². The third-order valence-electron chi connectivity index (χ3n) is 3.37. The molecule has 0 aliphatic carbocycles. The number of rotatable bonds is 9. The Morgan fingerprint density at radius 1 is 1.04 bits per heavy atom. The van der Waals surface area contributed by atoms with Gasteiger partial charge in [0, 0.05) is 12.2 Å². The molecule has 0 fully saturated rings. The van der Waals surface area contributed by atoms with E-state index in [1.165, 1.54) is 0 Å². The number of carboxylic acid groups (broad SMARTS) is 2. The van der Waals surface area contributed by atoms with Crippen LogP contribution in [0.5, 0.6) is 0 Å². The van der Waals surface area contributed by atoms with Gasteiger partial charge >= 0.3 is 11.9 Å². The molecule has 0 heterocycles. The molecule has 0 spiro atoms. The summed E-state index contributed by atoms with van der Waals surface area (Å²) in [5, 5.41) is 18.3. The van der Waals surface area contributed by atoms with E-state index < -0.39 is 29.9 Å². The second kappa shape index (κ2) is 13.0. The van der Waals surface area contributed by atoms with Crippen molar-refractivity contribution in [1.29, 1.82) is 0 Å².